The third-order valence-corrected chi connectivity index (χ3v) is 7.63. The third-order valence-electron chi connectivity index (χ3n) is 7.32. The largest absolute Gasteiger partial charge is 0.453 e. The molecule has 0 fully saturated rings. The van der Waals surface area contributed by atoms with Gasteiger partial charge in [0.15, 0.2) is 0 Å². The van der Waals surface area contributed by atoms with Crippen molar-refractivity contribution in [2.75, 3.05) is 38.1 Å². The van der Waals surface area contributed by atoms with Gasteiger partial charge in [-0.15, -0.1) is 0 Å². The number of rotatable bonds is 23. The number of amides is 7. The minimum absolute atomic E-state index is 0.0206. The summed E-state index contributed by atoms with van der Waals surface area (Å²) in [6.45, 7) is 0.288. The summed E-state index contributed by atoms with van der Waals surface area (Å²) in [4.78, 5) is 98.7. The van der Waals surface area contributed by atoms with Crippen molar-refractivity contribution in [3.05, 3.63) is 65.7 Å². The number of anilines is 1. The van der Waals surface area contributed by atoms with Gasteiger partial charge in [-0.2, -0.15) is 0 Å². The van der Waals surface area contributed by atoms with E-state index >= 15 is 0 Å². The Balaban J connectivity index is 1.85. The van der Waals surface area contributed by atoms with Crippen LogP contribution in [0, 0.1) is 0 Å². The van der Waals surface area contributed by atoms with Crippen molar-refractivity contribution in [2.24, 2.45) is 0 Å². The molecule has 8 N–H and O–H groups in total. The van der Waals surface area contributed by atoms with Crippen molar-refractivity contribution in [3.8, 4) is 0 Å². The van der Waals surface area contributed by atoms with Gasteiger partial charge >= 0.3 is 3.98 Å². The molecule has 0 aliphatic rings. The Labute approximate surface area is 320 Å². The number of ether oxygens (including phenoxy) is 1. The maximum Gasteiger partial charge on any atom is 0.367 e. The molecule has 2 aromatic rings. The van der Waals surface area contributed by atoms with Crippen LogP contribution in [-0.2, 0) is 51.3 Å². The molecule has 0 heterocycles. The highest BCUT2D eigenvalue weighted by Crippen LogP contribution is 2.11. The van der Waals surface area contributed by atoms with Crippen LogP contribution < -0.4 is 37.2 Å². The van der Waals surface area contributed by atoms with Crippen molar-refractivity contribution in [1.29, 1.82) is 0 Å². The number of aliphatic hydroxyl groups is 1. The molecule has 0 bridgehead atoms. The number of halogens is 1. The van der Waals surface area contributed by atoms with E-state index < -0.39 is 71.1 Å². The monoisotopic (exact) mass is 851 g/mol. The predicted molar refractivity (Wildman–Crippen MR) is 201 cm³/mol. The summed E-state index contributed by atoms with van der Waals surface area (Å²) >= 11 is 1.52. The maximum absolute atomic E-state index is 13.1. The number of hydrogen-bond acceptors (Lipinski definition) is 10. The van der Waals surface area contributed by atoms with Gasteiger partial charge in [0.05, 0.1) is 48.8 Å². The van der Waals surface area contributed by atoms with Gasteiger partial charge in [0, 0.05) is 31.5 Å². The number of carbonyl (C=O) groups is 8. The molecule has 288 valence electrons. The average molecular weight is 852 g/mol. The minimum atomic E-state index is -1.10. The summed E-state index contributed by atoms with van der Waals surface area (Å²) in [6.07, 6.45) is 1.47. The summed E-state index contributed by atoms with van der Waals surface area (Å²) in [5, 5.41) is 26.5. The van der Waals surface area contributed by atoms with Gasteiger partial charge in [0.2, 0.25) is 41.4 Å². The van der Waals surface area contributed by atoms with E-state index in [2.05, 4.69) is 37.2 Å². The van der Waals surface area contributed by atoms with Crippen LogP contribution in [0.1, 0.15) is 50.2 Å². The number of aliphatic hydroxyl groups excluding tert-OH is 1. The number of unbranched alkanes of at least 4 members (excludes halogenated alkanes) is 1. The lowest BCUT2D eigenvalue weighted by Gasteiger charge is -2.19. The zero-order valence-electron chi connectivity index (χ0n) is 29.3. The topological polar surface area (TPSA) is 250 Å². The molecule has 0 aliphatic heterocycles. The molecule has 2 aromatic carbocycles. The Bertz CT molecular complexity index is 1540. The smallest absolute Gasteiger partial charge is 0.367 e. The first-order valence-corrected chi connectivity index (χ1v) is 18.0. The van der Waals surface area contributed by atoms with Gasteiger partial charge < -0.3 is 47.1 Å². The zero-order chi connectivity index (χ0) is 39.0. The lowest BCUT2D eigenvalue weighted by molar-refractivity contribution is -0.131. The third kappa shape index (κ3) is 19.3. The van der Waals surface area contributed by atoms with Crippen LogP contribution in [0.3, 0.4) is 0 Å². The van der Waals surface area contributed by atoms with E-state index in [-0.39, 0.29) is 51.3 Å². The lowest BCUT2D eigenvalue weighted by Crippen LogP contribution is -2.52. The van der Waals surface area contributed by atoms with Crippen molar-refractivity contribution in [2.45, 2.75) is 64.1 Å². The molecule has 18 heteroatoms. The molecule has 0 saturated carbocycles. The quantitative estimate of drug-likeness (QED) is 0.0563. The van der Waals surface area contributed by atoms with Gasteiger partial charge in [0.1, 0.15) is 18.7 Å². The molecule has 2 rings (SSSR count). The second-order valence-electron chi connectivity index (χ2n) is 11.6. The van der Waals surface area contributed by atoms with E-state index in [1.165, 1.54) is 22.6 Å². The van der Waals surface area contributed by atoms with Crippen LogP contribution in [0.25, 0.3) is 0 Å². The van der Waals surface area contributed by atoms with E-state index in [0.717, 1.165) is 17.5 Å². The van der Waals surface area contributed by atoms with E-state index in [1.807, 2.05) is 6.92 Å². The molecular formula is C35H46IN7O10. The number of benzene rings is 2. The fraction of sp³-hybridized carbons (Fsp3) is 0.429. The molecule has 0 saturated heterocycles. The first-order chi connectivity index (χ1) is 25.4. The Morgan fingerprint density at radius 3 is 1.96 bits per heavy atom. The molecule has 7 amide bonds. The highest BCUT2D eigenvalue weighted by molar-refractivity contribution is 14.1. The molecule has 17 nitrogen and oxygen atoms in total. The van der Waals surface area contributed by atoms with Crippen LogP contribution in [0.5, 0.6) is 0 Å². The first-order valence-electron chi connectivity index (χ1n) is 16.9. The highest BCUT2D eigenvalue weighted by Gasteiger charge is 2.23. The highest BCUT2D eigenvalue weighted by atomic mass is 127. The molecule has 0 aromatic heterocycles. The predicted octanol–water partition coefficient (Wildman–Crippen LogP) is 0.337. The van der Waals surface area contributed by atoms with Crippen LogP contribution >= 0.6 is 22.6 Å². The summed E-state index contributed by atoms with van der Waals surface area (Å²) in [5.41, 5.74) is 1.90. The fourth-order valence-electron chi connectivity index (χ4n) is 4.58. The maximum atomic E-state index is 13.1. The van der Waals surface area contributed by atoms with E-state index in [0.29, 0.717) is 12.1 Å². The van der Waals surface area contributed by atoms with Crippen LogP contribution in [0.2, 0.25) is 0 Å². The lowest BCUT2D eigenvalue weighted by atomic mass is 10.1. The Hall–Kier alpha value is -5.11. The molecule has 0 spiro atoms. The molecule has 0 radical (unpaired) electrons. The average Bonchev–Trinajstić information content (AvgIpc) is 3.14. The zero-order valence-corrected chi connectivity index (χ0v) is 31.5. The van der Waals surface area contributed by atoms with Crippen LogP contribution in [0.15, 0.2) is 54.6 Å². The number of hydrogen-bond donors (Lipinski definition) is 8. The minimum Gasteiger partial charge on any atom is -0.453 e. The summed E-state index contributed by atoms with van der Waals surface area (Å²) < 4.78 is 4.47. The normalized spacial score (nSPS) is 11.5. The summed E-state index contributed by atoms with van der Waals surface area (Å²) in [7, 11) is 0. The second kappa shape index (κ2) is 25.0. The van der Waals surface area contributed by atoms with Crippen LogP contribution in [0.4, 0.5) is 10.5 Å². The van der Waals surface area contributed by atoms with Gasteiger partial charge in [-0.1, -0.05) is 55.8 Å². The van der Waals surface area contributed by atoms with E-state index in [9.17, 15) is 38.4 Å². The van der Waals surface area contributed by atoms with Gasteiger partial charge in [0.25, 0.3) is 0 Å². The van der Waals surface area contributed by atoms with Gasteiger partial charge in [-0.05, 0) is 36.1 Å². The van der Waals surface area contributed by atoms with E-state index in [1.54, 1.807) is 54.6 Å². The van der Waals surface area contributed by atoms with Gasteiger partial charge in [-0.25, -0.2) is 4.79 Å². The number of nitrogens with one attached hydrogen (secondary N) is 7. The number of carbonyl (C=O) groups excluding carboxylic acids is 8. The van der Waals surface area contributed by atoms with Crippen molar-refractivity contribution >= 4 is 73.6 Å². The van der Waals surface area contributed by atoms with Crippen molar-refractivity contribution in [3.63, 3.8) is 0 Å². The second-order valence-corrected chi connectivity index (χ2v) is 12.5. The molecule has 0 aliphatic carbocycles. The first kappa shape index (κ1) is 44.1. The SMILES string of the molecule is CCCCC(=O)NC(CCC(=O)NCC(=O)NCC(=O)N[C@@H](Cc1ccccc1)C(=O)NCC(=O)Nc1ccc(COC(=O)I)cc1)C(=O)NCCO. The molecule has 53 heavy (non-hydrogen) atoms. The molecular weight excluding hydrogens is 805 g/mol. The fourth-order valence-corrected chi connectivity index (χ4v) is 4.74. The standard InChI is InChI=1S/C35H46IN7O10/c1-2-3-9-29(46)42-26(33(50)37-16-17-44)14-15-28(45)38-19-30(47)39-20-32(49)43-27(18-23-7-5-4-6-8-23)34(51)40-21-31(48)41-25-12-10-24(11-13-25)22-53-35(36)52/h4-8,10-13,26-27,44H,2-3,9,14-22H2,1H3,(H,37,50)(H,38,45)(H,39,47)(H,40,51)(H,41,48)(H,42,46)(H,43,49)/t26?,27-/m0/s1. The Kier molecular flexibility index (Phi) is 20.8. The van der Waals surface area contributed by atoms with Gasteiger partial charge in [-0.3, -0.25) is 33.6 Å². The molecule has 2 atom stereocenters. The van der Waals surface area contributed by atoms with Crippen molar-refractivity contribution in [1.82, 2.24) is 31.9 Å². The molecule has 1 unspecified atom stereocenters. The van der Waals surface area contributed by atoms with Crippen molar-refractivity contribution < 1.29 is 48.2 Å². The van der Waals surface area contributed by atoms with E-state index in [4.69, 9.17) is 9.84 Å². The Morgan fingerprint density at radius 1 is 0.679 bits per heavy atom. The van der Waals surface area contributed by atoms with Crippen LogP contribution in [-0.4, -0.2) is 95.3 Å². The summed E-state index contributed by atoms with van der Waals surface area (Å²) in [6, 6.07) is 13.3. The Morgan fingerprint density at radius 2 is 1.30 bits per heavy atom. The summed E-state index contributed by atoms with van der Waals surface area (Å²) in [5.74, 6) is -4.04.